The summed E-state index contributed by atoms with van der Waals surface area (Å²) in [5.41, 5.74) is -0.649. The average Bonchev–Trinajstić information content (AvgIpc) is 3.27. The zero-order valence-corrected chi connectivity index (χ0v) is 20.2. The van der Waals surface area contributed by atoms with Gasteiger partial charge in [0.1, 0.15) is 23.8 Å². The van der Waals surface area contributed by atoms with Gasteiger partial charge in [-0.05, 0) is 57.7 Å². The third-order valence-electron chi connectivity index (χ3n) is 6.01. The van der Waals surface area contributed by atoms with E-state index in [2.05, 4.69) is 17.2 Å². The molecule has 2 fully saturated rings. The van der Waals surface area contributed by atoms with Gasteiger partial charge >= 0.3 is 12.1 Å². The first kappa shape index (κ1) is 25.3. The van der Waals surface area contributed by atoms with E-state index in [1.165, 1.54) is 4.90 Å². The molecule has 1 aromatic rings. The van der Waals surface area contributed by atoms with Gasteiger partial charge in [0.25, 0.3) is 5.91 Å². The Morgan fingerprint density at radius 2 is 1.88 bits per heavy atom. The van der Waals surface area contributed by atoms with E-state index in [1.54, 1.807) is 58.2 Å². The van der Waals surface area contributed by atoms with Crippen molar-refractivity contribution >= 4 is 23.9 Å². The first-order chi connectivity index (χ1) is 16.0. The average molecular weight is 472 g/mol. The molecule has 0 aromatic heterocycles. The molecule has 9 heteroatoms. The van der Waals surface area contributed by atoms with Gasteiger partial charge in [-0.3, -0.25) is 14.5 Å². The number of ether oxygens (including phenoxy) is 2. The molecule has 1 aliphatic heterocycles. The number of carbonyl (C=O) groups is 4. The third-order valence-corrected chi connectivity index (χ3v) is 6.01. The van der Waals surface area contributed by atoms with Crippen molar-refractivity contribution in [1.82, 2.24) is 15.5 Å². The van der Waals surface area contributed by atoms with Crippen LogP contribution in [0.4, 0.5) is 4.79 Å². The van der Waals surface area contributed by atoms with Crippen LogP contribution >= 0.6 is 0 Å². The van der Waals surface area contributed by atoms with Crippen molar-refractivity contribution in [2.24, 2.45) is 5.92 Å². The van der Waals surface area contributed by atoms with Crippen molar-refractivity contribution < 1.29 is 28.7 Å². The molecule has 0 radical (unpaired) electrons. The second-order valence-electron chi connectivity index (χ2n) is 9.69. The Labute approximate surface area is 199 Å². The van der Waals surface area contributed by atoms with Crippen LogP contribution in [0.25, 0.3) is 0 Å². The largest absolute Gasteiger partial charge is 0.459 e. The summed E-state index contributed by atoms with van der Waals surface area (Å²) >= 11 is 0. The molecule has 1 saturated carbocycles. The molecular formula is C25H33N3O6. The Bertz CT molecular complexity index is 968. The fourth-order valence-corrected chi connectivity index (χ4v) is 4.06. The van der Waals surface area contributed by atoms with Gasteiger partial charge in [0.05, 0.1) is 0 Å². The lowest BCUT2D eigenvalue weighted by Crippen LogP contribution is -2.53. The second-order valence-corrected chi connectivity index (χ2v) is 9.69. The Morgan fingerprint density at radius 3 is 2.44 bits per heavy atom. The fraction of sp³-hybridized carbons (Fsp3) is 0.520. The predicted octanol–water partition coefficient (Wildman–Crippen LogP) is 2.55. The highest BCUT2D eigenvalue weighted by atomic mass is 16.6. The van der Waals surface area contributed by atoms with Crippen LogP contribution in [-0.2, 0) is 25.7 Å². The number of amides is 3. The van der Waals surface area contributed by atoms with Crippen molar-refractivity contribution in [2.45, 2.75) is 63.8 Å². The zero-order chi connectivity index (χ0) is 25.1. The Balaban J connectivity index is 1.63. The van der Waals surface area contributed by atoms with Crippen LogP contribution in [0.2, 0.25) is 0 Å². The maximum Gasteiger partial charge on any atom is 0.410 e. The van der Waals surface area contributed by atoms with Crippen LogP contribution in [0.1, 0.15) is 56.0 Å². The van der Waals surface area contributed by atoms with E-state index in [1.807, 2.05) is 0 Å². The van der Waals surface area contributed by atoms with E-state index in [-0.39, 0.29) is 18.4 Å². The summed E-state index contributed by atoms with van der Waals surface area (Å²) in [5.74, 6) is -1.41. The summed E-state index contributed by atoms with van der Waals surface area (Å²) in [5, 5.41) is 5.38. The standard InChI is InChI=1S/C25H33N3O6/c1-6-18-14-25(18,22(31)33-15-16-9-11-17(12-10-16)20(29)26-5)27-21(30)19-8-7-13-28(19)23(32)34-24(2,3)4/h6,9-12,18-19H,1,7-8,13-15H2,2-5H3,(H,26,29)(H,27,30)/t18-,19+,25-/m1/s1. The summed E-state index contributed by atoms with van der Waals surface area (Å²) in [6, 6.07) is 6.00. The van der Waals surface area contributed by atoms with Gasteiger partial charge in [-0.2, -0.15) is 0 Å². The number of benzene rings is 1. The molecule has 0 unspecified atom stereocenters. The molecule has 9 nitrogen and oxygen atoms in total. The highest BCUT2D eigenvalue weighted by molar-refractivity contribution is 5.95. The monoisotopic (exact) mass is 471 g/mol. The molecule has 1 heterocycles. The molecule has 184 valence electrons. The van der Waals surface area contributed by atoms with Gasteiger partial charge in [0.15, 0.2) is 0 Å². The Hall–Kier alpha value is -3.36. The van der Waals surface area contributed by atoms with Crippen LogP contribution in [0, 0.1) is 5.92 Å². The highest BCUT2D eigenvalue weighted by Crippen LogP contribution is 2.46. The molecule has 3 rings (SSSR count). The number of nitrogens with one attached hydrogen (secondary N) is 2. The fourth-order valence-electron chi connectivity index (χ4n) is 4.06. The summed E-state index contributed by atoms with van der Waals surface area (Å²) in [7, 11) is 1.55. The topological polar surface area (TPSA) is 114 Å². The molecule has 2 aliphatic rings. The van der Waals surface area contributed by atoms with Gasteiger partial charge in [0, 0.05) is 25.1 Å². The maximum atomic E-state index is 13.1. The Kier molecular flexibility index (Phi) is 7.33. The van der Waals surface area contributed by atoms with E-state index in [4.69, 9.17) is 9.47 Å². The predicted molar refractivity (Wildman–Crippen MR) is 125 cm³/mol. The van der Waals surface area contributed by atoms with E-state index < -0.39 is 35.2 Å². The number of hydrogen-bond acceptors (Lipinski definition) is 6. The van der Waals surface area contributed by atoms with Gasteiger partial charge < -0.3 is 20.1 Å². The van der Waals surface area contributed by atoms with E-state index in [9.17, 15) is 19.2 Å². The molecule has 1 aliphatic carbocycles. The minimum atomic E-state index is -1.19. The lowest BCUT2D eigenvalue weighted by molar-refractivity contribution is -0.151. The zero-order valence-electron chi connectivity index (χ0n) is 20.2. The summed E-state index contributed by atoms with van der Waals surface area (Å²) < 4.78 is 10.9. The van der Waals surface area contributed by atoms with Gasteiger partial charge in [-0.15, -0.1) is 6.58 Å². The van der Waals surface area contributed by atoms with Gasteiger partial charge in [0.2, 0.25) is 5.91 Å². The summed E-state index contributed by atoms with van der Waals surface area (Å²) in [4.78, 5) is 51.7. The van der Waals surface area contributed by atoms with Crippen LogP contribution in [0.5, 0.6) is 0 Å². The van der Waals surface area contributed by atoms with Crippen LogP contribution in [-0.4, -0.2) is 59.6 Å². The van der Waals surface area contributed by atoms with Crippen LogP contribution in [0.15, 0.2) is 36.9 Å². The third kappa shape index (κ3) is 5.58. The summed E-state index contributed by atoms with van der Waals surface area (Å²) in [6.45, 7) is 9.49. The maximum absolute atomic E-state index is 13.1. The van der Waals surface area contributed by atoms with Gasteiger partial charge in [-0.1, -0.05) is 18.2 Å². The lowest BCUT2D eigenvalue weighted by Gasteiger charge is -2.29. The molecular weight excluding hydrogens is 438 g/mol. The van der Waals surface area contributed by atoms with E-state index in [0.29, 0.717) is 36.9 Å². The van der Waals surface area contributed by atoms with Crippen molar-refractivity contribution in [1.29, 1.82) is 0 Å². The number of likely N-dealkylation sites (tertiary alicyclic amines) is 1. The number of esters is 1. The van der Waals surface area contributed by atoms with E-state index >= 15 is 0 Å². The highest BCUT2D eigenvalue weighted by Gasteiger charge is 2.61. The molecule has 1 saturated heterocycles. The van der Waals surface area contributed by atoms with Crippen molar-refractivity contribution in [3.05, 3.63) is 48.0 Å². The van der Waals surface area contributed by atoms with Crippen molar-refractivity contribution in [2.75, 3.05) is 13.6 Å². The molecule has 1 aromatic carbocycles. The number of rotatable bonds is 7. The molecule has 0 bridgehead atoms. The molecule has 3 atom stereocenters. The van der Waals surface area contributed by atoms with Crippen LogP contribution < -0.4 is 10.6 Å². The van der Waals surface area contributed by atoms with Crippen molar-refractivity contribution in [3.63, 3.8) is 0 Å². The number of hydrogen-bond donors (Lipinski definition) is 2. The Morgan fingerprint density at radius 1 is 1.21 bits per heavy atom. The van der Waals surface area contributed by atoms with E-state index in [0.717, 1.165) is 0 Å². The molecule has 0 spiro atoms. The normalized spacial score (nSPS) is 23.6. The van der Waals surface area contributed by atoms with Crippen LogP contribution in [0.3, 0.4) is 0 Å². The minimum absolute atomic E-state index is 0.00179. The minimum Gasteiger partial charge on any atom is -0.459 e. The first-order valence-electron chi connectivity index (χ1n) is 11.4. The molecule has 2 N–H and O–H groups in total. The SMILES string of the molecule is C=C[C@@H]1C[C@]1(NC(=O)[C@@H]1CCCN1C(=O)OC(C)(C)C)C(=O)OCc1ccc(C(=O)NC)cc1. The second kappa shape index (κ2) is 9.87. The molecule has 34 heavy (non-hydrogen) atoms. The molecule has 3 amide bonds. The van der Waals surface area contributed by atoms with Crippen molar-refractivity contribution in [3.8, 4) is 0 Å². The number of carbonyl (C=O) groups excluding carboxylic acids is 4. The smallest absolute Gasteiger partial charge is 0.410 e. The quantitative estimate of drug-likeness (QED) is 0.467. The first-order valence-corrected chi connectivity index (χ1v) is 11.4. The van der Waals surface area contributed by atoms with Gasteiger partial charge in [-0.25, -0.2) is 9.59 Å². The summed E-state index contributed by atoms with van der Waals surface area (Å²) in [6.07, 6.45) is 2.63. The lowest BCUT2D eigenvalue weighted by atomic mass is 10.1. The number of nitrogens with zero attached hydrogens (tertiary/aromatic N) is 1.